The molecule has 0 spiro atoms. The first-order valence-corrected chi connectivity index (χ1v) is 9.01. The lowest BCUT2D eigenvalue weighted by Gasteiger charge is -2.21. The van der Waals surface area contributed by atoms with Crippen molar-refractivity contribution in [1.29, 1.82) is 0 Å². The summed E-state index contributed by atoms with van der Waals surface area (Å²) < 4.78 is 1.96. The van der Waals surface area contributed by atoms with Gasteiger partial charge >= 0.3 is 0 Å². The number of aromatic nitrogens is 2. The van der Waals surface area contributed by atoms with Crippen molar-refractivity contribution in [2.24, 2.45) is 13.0 Å². The van der Waals surface area contributed by atoms with E-state index in [0.29, 0.717) is 12.1 Å². The van der Waals surface area contributed by atoms with Crippen molar-refractivity contribution < 1.29 is 9.59 Å². The van der Waals surface area contributed by atoms with Crippen LogP contribution >= 0.6 is 0 Å². The lowest BCUT2D eigenvalue weighted by atomic mass is 10.0. The van der Waals surface area contributed by atoms with Gasteiger partial charge in [-0.15, -0.1) is 0 Å². The van der Waals surface area contributed by atoms with Crippen LogP contribution in [0.3, 0.4) is 0 Å². The van der Waals surface area contributed by atoms with Gasteiger partial charge in [-0.2, -0.15) is 0 Å². The van der Waals surface area contributed by atoms with Gasteiger partial charge in [-0.1, -0.05) is 44.2 Å². The molecule has 0 unspecified atom stereocenters. The molecule has 27 heavy (non-hydrogen) atoms. The summed E-state index contributed by atoms with van der Waals surface area (Å²) in [5.74, 6) is 0.244. The zero-order chi connectivity index (χ0) is 19.4. The predicted molar refractivity (Wildman–Crippen MR) is 105 cm³/mol. The third-order valence-electron chi connectivity index (χ3n) is 4.57. The third-order valence-corrected chi connectivity index (χ3v) is 4.57. The highest BCUT2D eigenvalue weighted by atomic mass is 16.2. The Balaban J connectivity index is 1.68. The van der Waals surface area contributed by atoms with E-state index in [9.17, 15) is 9.59 Å². The molecule has 3 rings (SSSR count). The Kier molecular flexibility index (Phi) is 5.54. The van der Waals surface area contributed by atoms with Crippen molar-refractivity contribution in [3.8, 4) is 0 Å². The summed E-state index contributed by atoms with van der Waals surface area (Å²) in [6.45, 7) is 4.11. The maximum atomic E-state index is 12.7. The molecule has 2 N–H and O–H groups in total. The summed E-state index contributed by atoms with van der Waals surface area (Å²) in [7, 11) is 1.92. The van der Waals surface area contributed by atoms with E-state index >= 15 is 0 Å². The average molecular weight is 364 g/mol. The molecule has 1 atom stereocenters. The Morgan fingerprint density at radius 1 is 1.04 bits per heavy atom. The molecule has 0 fully saturated rings. The predicted octanol–water partition coefficient (Wildman–Crippen LogP) is 2.64. The minimum atomic E-state index is -0.618. The normalized spacial score (nSPS) is 12.1. The number of amides is 2. The van der Waals surface area contributed by atoms with E-state index in [0.717, 1.165) is 16.9 Å². The Bertz CT molecular complexity index is 947. The highest BCUT2D eigenvalue weighted by Crippen LogP contribution is 2.14. The van der Waals surface area contributed by atoms with Crippen LogP contribution in [-0.2, 0) is 18.4 Å². The molecule has 0 bridgehead atoms. The second-order valence-electron chi connectivity index (χ2n) is 6.85. The molecular formula is C21H24N4O2. The number of hydrogen-bond donors (Lipinski definition) is 2. The smallest absolute Gasteiger partial charge is 0.251 e. The van der Waals surface area contributed by atoms with Crippen molar-refractivity contribution >= 4 is 22.8 Å². The number of hydrogen-bond acceptors (Lipinski definition) is 3. The van der Waals surface area contributed by atoms with Crippen LogP contribution in [0.15, 0.2) is 54.6 Å². The topological polar surface area (TPSA) is 76.0 Å². The molecule has 0 saturated heterocycles. The van der Waals surface area contributed by atoms with Crippen molar-refractivity contribution in [1.82, 2.24) is 20.2 Å². The number of nitrogens with zero attached hydrogens (tertiary/aromatic N) is 2. The van der Waals surface area contributed by atoms with E-state index < -0.39 is 6.04 Å². The first-order chi connectivity index (χ1) is 13.0. The zero-order valence-corrected chi connectivity index (χ0v) is 15.8. The molecule has 0 aliphatic rings. The zero-order valence-electron chi connectivity index (χ0n) is 15.8. The van der Waals surface area contributed by atoms with Gasteiger partial charge in [0.05, 0.1) is 17.6 Å². The van der Waals surface area contributed by atoms with Gasteiger partial charge in [-0.05, 0) is 30.2 Å². The van der Waals surface area contributed by atoms with Gasteiger partial charge < -0.3 is 15.2 Å². The molecule has 0 saturated carbocycles. The number of imidazole rings is 1. The fourth-order valence-electron chi connectivity index (χ4n) is 2.98. The quantitative estimate of drug-likeness (QED) is 0.706. The maximum Gasteiger partial charge on any atom is 0.251 e. The van der Waals surface area contributed by atoms with Crippen LogP contribution in [0.1, 0.15) is 30.0 Å². The first kappa shape index (κ1) is 18.6. The number of aryl methyl sites for hydroxylation is 1. The van der Waals surface area contributed by atoms with E-state index in [1.165, 1.54) is 0 Å². The summed E-state index contributed by atoms with van der Waals surface area (Å²) in [5.41, 5.74) is 2.44. The lowest BCUT2D eigenvalue weighted by Crippen LogP contribution is -2.49. The van der Waals surface area contributed by atoms with E-state index in [4.69, 9.17) is 0 Å². The van der Waals surface area contributed by atoms with E-state index in [1.807, 2.05) is 55.8 Å². The average Bonchev–Trinajstić information content (AvgIpc) is 3.00. The molecule has 6 heteroatoms. The minimum absolute atomic E-state index is 0.0434. The number of carbonyl (C=O) groups excluding carboxylic acids is 2. The standard InChI is InChI=1S/C21H24N4O2/c1-14(2)19(24-20(26)15-9-5-4-6-10-15)21(27)22-13-18-23-16-11-7-8-12-17(16)25(18)3/h4-12,14,19H,13H2,1-3H3,(H,22,27)(H,24,26)/t19-/m0/s1. The molecule has 2 aromatic carbocycles. The van der Waals surface area contributed by atoms with Crippen LogP contribution in [0.4, 0.5) is 0 Å². The van der Waals surface area contributed by atoms with Crippen LogP contribution in [0, 0.1) is 5.92 Å². The van der Waals surface area contributed by atoms with Crippen LogP contribution in [0.25, 0.3) is 11.0 Å². The van der Waals surface area contributed by atoms with Gasteiger partial charge in [0.25, 0.3) is 5.91 Å². The number of nitrogens with one attached hydrogen (secondary N) is 2. The fourth-order valence-corrected chi connectivity index (χ4v) is 2.98. The van der Waals surface area contributed by atoms with Crippen LogP contribution in [0.5, 0.6) is 0 Å². The minimum Gasteiger partial charge on any atom is -0.347 e. The summed E-state index contributed by atoms with van der Waals surface area (Å²) in [6, 6.07) is 16.1. The van der Waals surface area contributed by atoms with E-state index in [2.05, 4.69) is 15.6 Å². The van der Waals surface area contributed by atoms with Gasteiger partial charge in [0.1, 0.15) is 11.9 Å². The summed E-state index contributed by atoms with van der Waals surface area (Å²) in [5, 5.41) is 5.73. The van der Waals surface area contributed by atoms with E-state index in [1.54, 1.807) is 24.3 Å². The van der Waals surface area contributed by atoms with Gasteiger partial charge in [0.15, 0.2) is 0 Å². The molecule has 6 nitrogen and oxygen atoms in total. The van der Waals surface area contributed by atoms with Crippen molar-refractivity contribution in [2.45, 2.75) is 26.4 Å². The van der Waals surface area contributed by atoms with Crippen molar-refractivity contribution in [3.63, 3.8) is 0 Å². The summed E-state index contributed by atoms with van der Waals surface area (Å²) in [4.78, 5) is 29.6. The van der Waals surface area contributed by atoms with Crippen molar-refractivity contribution in [3.05, 3.63) is 66.0 Å². The van der Waals surface area contributed by atoms with Gasteiger partial charge in [0.2, 0.25) is 5.91 Å². The Hall–Kier alpha value is -3.15. The molecule has 1 heterocycles. The van der Waals surface area contributed by atoms with Crippen LogP contribution < -0.4 is 10.6 Å². The highest BCUT2D eigenvalue weighted by Gasteiger charge is 2.24. The SMILES string of the molecule is CC(C)[C@H](NC(=O)c1ccccc1)C(=O)NCc1nc2ccccc2n1C. The fraction of sp³-hybridized carbons (Fsp3) is 0.286. The summed E-state index contributed by atoms with van der Waals surface area (Å²) in [6.07, 6.45) is 0. The molecule has 140 valence electrons. The van der Waals surface area contributed by atoms with Gasteiger partial charge in [0, 0.05) is 12.6 Å². The second-order valence-corrected chi connectivity index (χ2v) is 6.85. The number of fused-ring (bicyclic) bond motifs is 1. The maximum absolute atomic E-state index is 12.7. The van der Waals surface area contributed by atoms with Gasteiger partial charge in [-0.3, -0.25) is 9.59 Å². The Morgan fingerprint density at radius 2 is 1.70 bits per heavy atom. The molecule has 3 aromatic rings. The first-order valence-electron chi connectivity index (χ1n) is 9.01. The molecule has 1 aromatic heterocycles. The van der Waals surface area contributed by atoms with Crippen LogP contribution in [0.2, 0.25) is 0 Å². The van der Waals surface area contributed by atoms with Gasteiger partial charge in [-0.25, -0.2) is 4.98 Å². The monoisotopic (exact) mass is 364 g/mol. The second kappa shape index (κ2) is 8.03. The molecule has 0 aliphatic carbocycles. The number of para-hydroxylation sites is 2. The Morgan fingerprint density at radius 3 is 2.37 bits per heavy atom. The Labute approximate surface area is 158 Å². The molecule has 0 aliphatic heterocycles. The number of carbonyl (C=O) groups is 2. The third kappa shape index (κ3) is 4.16. The molecule has 0 radical (unpaired) electrons. The highest BCUT2D eigenvalue weighted by molar-refractivity contribution is 5.97. The summed E-state index contributed by atoms with van der Waals surface area (Å²) >= 11 is 0. The van der Waals surface area contributed by atoms with Crippen LogP contribution in [-0.4, -0.2) is 27.4 Å². The molecular weight excluding hydrogens is 340 g/mol. The van der Waals surface area contributed by atoms with Crippen molar-refractivity contribution in [2.75, 3.05) is 0 Å². The molecule has 2 amide bonds. The largest absolute Gasteiger partial charge is 0.347 e. The van der Waals surface area contributed by atoms with E-state index in [-0.39, 0.29) is 17.7 Å². The lowest BCUT2D eigenvalue weighted by molar-refractivity contribution is -0.124. The number of benzene rings is 2. The number of rotatable bonds is 6.